The van der Waals surface area contributed by atoms with E-state index in [0.29, 0.717) is 15.3 Å². The van der Waals surface area contributed by atoms with Crippen LogP contribution in [0, 0.1) is 10.4 Å². The summed E-state index contributed by atoms with van der Waals surface area (Å²) in [5, 5.41) is 34.3. The van der Waals surface area contributed by atoms with Gasteiger partial charge in [0.05, 0.1) is 6.20 Å². The van der Waals surface area contributed by atoms with Crippen molar-refractivity contribution in [3.05, 3.63) is 53.0 Å². The summed E-state index contributed by atoms with van der Waals surface area (Å²) in [6.45, 7) is 3.68. The summed E-state index contributed by atoms with van der Waals surface area (Å²) in [6.07, 6.45) is 1.63. The topological polar surface area (TPSA) is 107 Å². The van der Waals surface area contributed by atoms with E-state index in [9.17, 15) is 10.4 Å². The van der Waals surface area contributed by atoms with Crippen molar-refractivity contribution in [2.75, 3.05) is 36.4 Å². The molecule has 3 heterocycles. The molecule has 0 atom stereocenters. The average Bonchev–Trinajstić information content (AvgIpc) is 2.67. The van der Waals surface area contributed by atoms with E-state index in [1.807, 2.05) is 12.1 Å². The Hall–Kier alpha value is -3.20. The molecule has 2 N–H and O–H groups in total. The van der Waals surface area contributed by atoms with Crippen LogP contribution in [-0.2, 0) is 0 Å². The number of nitrogens with one attached hydrogen (secondary N) is 2. The standard InChI is InChI=1S/C16H17N7O2/c24-22-13-3-1-2-4-14(13)23(25)20-16(22)19-12-5-6-15(18-11-12)21-9-7-17-8-10-21/h1-6,11,17H,7-10H2,(H,19,20). The molecule has 0 bridgehead atoms. The minimum atomic E-state index is -0.0922. The molecule has 1 saturated heterocycles. The van der Waals surface area contributed by atoms with Crippen LogP contribution in [0.4, 0.5) is 17.5 Å². The van der Waals surface area contributed by atoms with Gasteiger partial charge in [-0.2, -0.15) is 0 Å². The SMILES string of the molecule is [O-][n+]1nc(Nc2ccc(N3CCNCC3)nc2)[n+]([O-])c2ccccc21. The lowest BCUT2D eigenvalue weighted by Crippen LogP contribution is -2.44. The van der Waals surface area contributed by atoms with Crippen LogP contribution in [0.5, 0.6) is 0 Å². The Morgan fingerprint density at radius 1 is 1.04 bits per heavy atom. The highest BCUT2D eigenvalue weighted by molar-refractivity contribution is 5.67. The summed E-state index contributed by atoms with van der Waals surface area (Å²) < 4.78 is 0.605. The number of nitrogens with zero attached hydrogens (tertiary/aromatic N) is 5. The fourth-order valence-electron chi connectivity index (χ4n) is 2.84. The van der Waals surface area contributed by atoms with E-state index in [4.69, 9.17) is 0 Å². The molecule has 1 aromatic carbocycles. The van der Waals surface area contributed by atoms with E-state index < -0.39 is 0 Å². The van der Waals surface area contributed by atoms with Crippen LogP contribution in [0.2, 0.25) is 0 Å². The van der Waals surface area contributed by atoms with Crippen molar-refractivity contribution in [1.82, 2.24) is 15.4 Å². The van der Waals surface area contributed by atoms with Gasteiger partial charge in [-0.1, -0.05) is 12.1 Å². The van der Waals surface area contributed by atoms with E-state index in [-0.39, 0.29) is 17.0 Å². The molecule has 0 aliphatic carbocycles. The number of anilines is 3. The van der Waals surface area contributed by atoms with Crippen LogP contribution < -0.4 is 25.1 Å². The van der Waals surface area contributed by atoms with E-state index >= 15 is 0 Å². The maximum atomic E-state index is 12.4. The largest absolute Gasteiger partial charge is 0.739 e. The second kappa shape index (κ2) is 6.36. The molecule has 1 aliphatic heterocycles. The molecule has 25 heavy (non-hydrogen) atoms. The number of rotatable bonds is 3. The van der Waals surface area contributed by atoms with E-state index in [0.717, 1.165) is 32.0 Å². The third-order valence-corrected chi connectivity index (χ3v) is 4.13. The van der Waals surface area contributed by atoms with Gasteiger partial charge in [0.25, 0.3) is 5.52 Å². The third kappa shape index (κ3) is 2.96. The Bertz CT molecular complexity index is 895. The monoisotopic (exact) mass is 339 g/mol. The first-order valence-electron chi connectivity index (χ1n) is 8.03. The zero-order chi connectivity index (χ0) is 17.2. The lowest BCUT2D eigenvalue weighted by molar-refractivity contribution is -0.672. The molecular formula is C16H17N7O2. The number of hydrogen-bond acceptors (Lipinski definition) is 7. The number of para-hydroxylation sites is 2. The zero-order valence-electron chi connectivity index (χ0n) is 13.4. The van der Waals surface area contributed by atoms with Gasteiger partial charge in [0, 0.05) is 37.1 Å². The molecule has 0 unspecified atom stereocenters. The Labute approximate surface area is 143 Å². The van der Waals surface area contributed by atoms with Crippen molar-refractivity contribution in [3.63, 3.8) is 0 Å². The van der Waals surface area contributed by atoms with Crippen molar-refractivity contribution >= 4 is 28.5 Å². The highest BCUT2D eigenvalue weighted by Gasteiger charge is 2.20. The fraction of sp³-hybridized carbons (Fsp3) is 0.250. The van der Waals surface area contributed by atoms with E-state index in [2.05, 4.69) is 25.6 Å². The molecule has 3 aromatic rings. The molecule has 0 amide bonds. The summed E-state index contributed by atoms with van der Waals surface area (Å²) in [5.41, 5.74) is 1.06. The molecule has 2 aromatic heterocycles. The van der Waals surface area contributed by atoms with Crippen LogP contribution >= 0.6 is 0 Å². The quantitative estimate of drug-likeness (QED) is 0.513. The Morgan fingerprint density at radius 2 is 1.80 bits per heavy atom. The highest BCUT2D eigenvalue weighted by atomic mass is 16.5. The molecule has 0 radical (unpaired) electrons. The zero-order valence-corrected chi connectivity index (χ0v) is 13.4. The molecule has 0 saturated carbocycles. The summed E-state index contributed by atoms with van der Waals surface area (Å²) in [7, 11) is 0. The summed E-state index contributed by atoms with van der Waals surface area (Å²) in [4.78, 5) is 7.05. The minimum absolute atomic E-state index is 0.0922. The molecule has 1 aliphatic rings. The maximum Gasteiger partial charge on any atom is 0.465 e. The molecule has 128 valence electrons. The number of aromatic nitrogens is 4. The van der Waals surface area contributed by atoms with Crippen molar-refractivity contribution < 1.29 is 9.58 Å². The molecule has 1 fully saturated rings. The van der Waals surface area contributed by atoms with Crippen LogP contribution in [0.15, 0.2) is 42.6 Å². The molecule has 9 nitrogen and oxygen atoms in total. The van der Waals surface area contributed by atoms with E-state index in [1.165, 1.54) is 0 Å². The highest BCUT2D eigenvalue weighted by Crippen LogP contribution is 2.17. The lowest BCUT2D eigenvalue weighted by Gasteiger charge is -2.28. The number of pyridine rings is 1. The van der Waals surface area contributed by atoms with Crippen LogP contribution in [-0.4, -0.2) is 36.3 Å². The second-order valence-corrected chi connectivity index (χ2v) is 5.75. The first-order chi connectivity index (χ1) is 12.2. The van der Waals surface area contributed by atoms with Gasteiger partial charge < -0.3 is 20.6 Å². The van der Waals surface area contributed by atoms with Crippen molar-refractivity contribution in [2.45, 2.75) is 0 Å². The van der Waals surface area contributed by atoms with Gasteiger partial charge in [0.1, 0.15) is 11.5 Å². The molecule has 9 heteroatoms. The predicted molar refractivity (Wildman–Crippen MR) is 92.3 cm³/mol. The van der Waals surface area contributed by atoms with Gasteiger partial charge in [-0.15, -0.1) is 0 Å². The number of hydrogen-bond donors (Lipinski definition) is 2. The Balaban J connectivity index is 1.60. The Morgan fingerprint density at radius 3 is 2.52 bits per heavy atom. The minimum Gasteiger partial charge on any atom is -0.739 e. The van der Waals surface area contributed by atoms with Gasteiger partial charge in [-0.25, -0.2) is 15.0 Å². The average molecular weight is 339 g/mol. The van der Waals surface area contributed by atoms with Crippen LogP contribution in [0.3, 0.4) is 0 Å². The predicted octanol–water partition coefficient (Wildman–Crippen LogP) is 0.0498. The first kappa shape index (κ1) is 15.3. The van der Waals surface area contributed by atoms with Gasteiger partial charge in [-0.3, -0.25) is 0 Å². The Kier molecular flexibility index (Phi) is 3.90. The van der Waals surface area contributed by atoms with Gasteiger partial charge >= 0.3 is 5.95 Å². The van der Waals surface area contributed by atoms with Gasteiger partial charge in [-0.05, 0) is 18.2 Å². The number of benzene rings is 1. The fourth-order valence-corrected chi connectivity index (χ4v) is 2.84. The molecule has 4 rings (SSSR count). The summed E-state index contributed by atoms with van der Waals surface area (Å²) in [5.74, 6) is 0.790. The smallest absolute Gasteiger partial charge is 0.465 e. The molecule has 0 spiro atoms. The summed E-state index contributed by atoms with van der Waals surface area (Å²) in [6, 6.07) is 10.2. The number of piperazine rings is 1. The van der Waals surface area contributed by atoms with Crippen LogP contribution in [0.1, 0.15) is 0 Å². The second-order valence-electron chi connectivity index (χ2n) is 5.75. The van der Waals surface area contributed by atoms with Crippen molar-refractivity contribution in [3.8, 4) is 0 Å². The lowest BCUT2D eigenvalue weighted by atomic mass is 10.3. The summed E-state index contributed by atoms with van der Waals surface area (Å²) >= 11 is 0. The van der Waals surface area contributed by atoms with Crippen LogP contribution in [0.25, 0.3) is 11.0 Å². The molecular weight excluding hydrogens is 322 g/mol. The first-order valence-corrected chi connectivity index (χ1v) is 8.03. The van der Waals surface area contributed by atoms with Crippen molar-refractivity contribution in [1.29, 1.82) is 0 Å². The maximum absolute atomic E-state index is 12.4. The van der Waals surface area contributed by atoms with Gasteiger partial charge in [0.15, 0.2) is 5.52 Å². The number of fused-ring (bicyclic) bond motifs is 1. The van der Waals surface area contributed by atoms with Crippen molar-refractivity contribution in [2.24, 2.45) is 0 Å². The third-order valence-electron chi connectivity index (χ3n) is 4.13. The van der Waals surface area contributed by atoms with Gasteiger partial charge in [0.2, 0.25) is 5.10 Å². The van der Waals surface area contributed by atoms with E-state index in [1.54, 1.807) is 30.5 Å². The normalized spacial score (nSPS) is 14.6.